The van der Waals surface area contributed by atoms with E-state index in [2.05, 4.69) is 31.2 Å². The molecule has 1 heteroatoms. The van der Waals surface area contributed by atoms with Gasteiger partial charge in [0.05, 0.1) is 6.10 Å². The summed E-state index contributed by atoms with van der Waals surface area (Å²) in [4.78, 5) is 0. The second-order valence-electron chi connectivity index (χ2n) is 7.40. The lowest BCUT2D eigenvalue weighted by atomic mass is 9.56. The zero-order valence-corrected chi connectivity index (χ0v) is 11.8. The number of benzene rings is 1. The highest BCUT2D eigenvalue weighted by atomic mass is 16.3. The van der Waals surface area contributed by atoms with Crippen molar-refractivity contribution in [3.05, 3.63) is 35.4 Å². The van der Waals surface area contributed by atoms with Crippen molar-refractivity contribution in [2.45, 2.75) is 57.5 Å². The van der Waals surface area contributed by atoms with E-state index in [0.29, 0.717) is 5.41 Å². The quantitative estimate of drug-likeness (QED) is 0.746. The number of aliphatic hydroxyl groups is 1. The van der Waals surface area contributed by atoms with Gasteiger partial charge in [-0.1, -0.05) is 31.2 Å². The second kappa shape index (κ2) is 4.09. The molecule has 0 radical (unpaired) electrons. The number of hydrogen-bond acceptors (Lipinski definition) is 1. The molecule has 2 fully saturated rings. The first-order valence-corrected chi connectivity index (χ1v) is 7.93. The van der Waals surface area contributed by atoms with E-state index < -0.39 is 0 Å². The lowest BCUT2D eigenvalue weighted by Crippen LogP contribution is -2.39. The molecule has 0 aliphatic heterocycles. The number of fused-ring (bicyclic) bond motifs is 5. The summed E-state index contributed by atoms with van der Waals surface area (Å²) in [6.45, 7) is 2.44. The lowest BCUT2D eigenvalue weighted by molar-refractivity contribution is 0.0596. The largest absolute Gasteiger partial charge is 0.393 e. The van der Waals surface area contributed by atoms with Gasteiger partial charge in [0.2, 0.25) is 0 Å². The Hall–Kier alpha value is -0.820. The Morgan fingerprint density at radius 2 is 2.05 bits per heavy atom. The molecule has 19 heavy (non-hydrogen) atoms. The van der Waals surface area contributed by atoms with Crippen molar-refractivity contribution in [3.63, 3.8) is 0 Å². The third-order valence-corrected chi connectivity index (χ3v) is 6.38. The molecule has 0 amide bonds. The Morgan fingerprint density at radius 1 is 1.21 bits per heavy atom. The number of hydrogen-bond donors (Lipinski definition) is 1. The zero-order valence-electron chi connectivity index (χ0n) is 11.8. The van der Waals surface area contributed by atoms with Crippen LogP contribution in [0.4, 0.5) is 0 Å². The summed E-state index contributed by atoms with van der Waals surface area (Å²) >= 11 is 0. The topological polar surface area (TPSA) is 20.2 Å². The van der Waals surface area contributed by atoms with Gasteiger partial charge in [0.15, 0.2) is 0 Å². The molecule has 0 spiro atoms. The third kappa shape index (κ3) is 1.71. The maximum atomic E-state index is 10.1. The van der Waals surface area contributed by atoms with Crippen LogP contribution in [-0.4, -0.2) is 11.2 Å². The minimum Gasteiger partial charge on any atom is -0.393 e. The average molecular weight is 256 g/mol. The molecular formula is C18H24O. The van der Waals surface area contributed by atoms with E-state index in [-0.39, 0.29) is 6.10 Å². The Labute approximate surface area is 116 Å². The molecule has 2 saturated carbocycles. The molecule has 1 nitrogen and oxygen atoms in total. The molecular weight excluding hydrogens is 232 g/mol. The Bertz CT molecular complexity index is 494. The summed E-state index contributed by atoms with van der Waals surface area (Å²) < 4.78 is 0. The molecule has 0 aromatic heterocycles. The van der Waals surface area contributed by atoms with Gasteiger partial charge < -0.3 is 5.11 Å². The van der Waals surface area contributed by atoms with E-state index in [1.807, 2.05) is 0 Å². The normalized spacial score (nSPS) is 44.3. The van der Waals surface area contributed by atoms with Gasteiger partial charge in [-0.15, -0.1) is 0 Å². The fourth-order valence-corrected chi connectivity index (χ4v) is 5.54. The van der Waals surface area contributed by atoms with Gasteiger partial charge in [-0.2, -0.15) is 0 Å². The molecule has 3 aliphatic carbocycles. The summed E-state index contributed by atoms with van der Waals surface area (Å²) in [6, 6.07) is 9.08. The summed E-state index contributed by atoms with van der Waals surface area (Å²) in [5.74, 6) is 2.36. The van der Waals surface area contributed by atoms with Crippen LogP contribution in [0.2, 0.25) is 0 Å². The molecule has 3 aliphatic rings. The average Bonchev–Trinajstić information content (AvgIpc) is 2.73. The van der Waals surface area contributed by atoms with Gasteiger partial charge >= 0.3 is 0 Å². The Kier molecular flexibility index (Phi) is 2.57. The highest BCUT2D eigenvalue weighted by molar-refractivity contribution is 5.34. The number of rotatable bonds is 0. The maximum absolute atomic E-state index is 10.1. The molecule has 0 saturated heterocycles. The van der Waals surface area contributed by atoms with Crippen molar-refractivity contribution < 1.29 is 5.11 Å². The molecule has 102 valence electrons. The van der Waals surface area contributed by atoms with Crippen LogP contribution >= 0.6 is 0 Å². The van der Waals surface area contributed by atoms with Crippen molar-refractivity contribution in [3.8, 4) is 0 Å². The van der Waals surface area contributed by atoms with Crippen molar-refractivity contribution in [1.29, 1.82) is 0 Å². The number of aryl methyl sites for hydroxylation is 1. The summed E-state index contributed by atoms with van der Waals surface area (Å²) in [7, 11) is 0. The van der Waals surface area contributed by atoms with Gasteiger partial charge in [-0.25, -0.2) is 0 Å². The first kappa shape index (κ1) is 12.0. The van der Waals surface area contributed by atoms with Crippen LogP contribution in [0, 0.1) is 17.3 Å². The van der Waals surface area contributed by atoms with E-state index in [9.17, 15) is 5.11 Å². The second-order valence-corrected chi connectivity index (χ2v) is 7.40. The van der Waals surface area contributed by atoms with Crippen LogP contribution < -0.4 is 0 Å². The monoisotopic (exact) mass is 256 g/mol. The maximum Gasteiger partial charge on any atom is 0.0548 e. The smallest absolute Gasteiger partial charge is 0.0548 e. The molecule has 4 rings (SSSR count). The highest BCUT2D eigenvalue weighted by Crippen LogP contribution is 2.60. The molecule has 1 N–H and O–H groups in total. The highest BCUT2D eigenvalue weighted by Gasteiger charge is 2.52. The van der Waals surface area contributed by atoms with Gasteiger partial charge in [0, 0.05) is 0 Å². The van der Waals surface area contributed by atoms with Crippen molar-refractivity contribution in [2.24, 2.45) is 17.3 Å². The van der Waals surface area contributed by atoms with Crippen LogP contribution in [-0.2, 0) is 6.42 Å². The minimum absolute atomic E-state index is 0.0362. The number of aliphatic hydroxyl groups excluding tert-OH is 1. The van der Waals surface area contributed by atoms with Gasteiger partial charge in [-0.3, -0.25) is 0 Å². The minimum atomic E-state index is -0.0362. The third-order valence-electron chi connectivity index (χ3n) is 6.38. The molecule has 0 unspecified atom stereocenters. The molecule has 0 bridgehead atoms. The van der Waals surface area contributed by atoms with E-state index in [1.54, 1.807) is 11.1 Å². The summed E-state index contributed by atoms with van der Waals surface area (Å²) in [5, 5.41) is 10.1. The van der Waals surface area contributed by atoms with Crippen LogP contribution in [0.25, 0.3) is 0 Å². The first-order valence-electron chi connectivity index (χ1n) is 7.93. The van der Waals surface area contributed by atoms with Gasteiger partial charge in [0.1, 0.15) is 0 Å². The SMILES string of the molecule is C[C@]12CC[C@@H]3c4ccccc4CC[C@H]3[C@@H]1C[C@@H](O)C2. The molecule has 1 aromatic carbocycles. The van der Waals surface area contributed by atoms with E-state index in [1.165, 1.54) is 25.7 Å². The van der Waals surface area contributed by atoms with Crippen LogP contribution in [0.1, 0.15) is 56.1 Å². The van der Waals surface area contributed by atoms with Crippen LogP contribution in [0.5, 0.6) is 0 Å². The predicted molar refractivity (Wildman–Crippen MR) is 77.1 cm³/mol. The first-order chi connectivity index (χ1) is 9.17. The Morgan fingerprint density at radius 3 is 2.95 bits per heavy atom. The summed E-state index contributed by atoms with van der Waals surface area (Å²) in [6.07, 6.45) is 7.30. The van der Waals surface area contributed by atoms with Crippen molar-refractivity contribution in [1.82, 2.24) is 0 Å². The molecule has 5 atom stereocenters. The van der Waals surface area contributed by atoms with E-state index in [4.69, 9.17) is 0 Å². The standard InChI is InChI=1S/C18H24O/c1-18-9-8-15-14-5-3-2-4-12(14)6-7-16(15)17(18)10-13(19)11-18/h2-5,13,15-17,19H,6-11H2,1H3/t13-,15-,16-,17+,18-/m1/s1. The Balaban J connectivity index is 1.71. The van der Waals surface area contributed by atoms with Crippen molar-refractivity contribution in [2.75, 3.05) is 0 Å². The molecule has 0 heterocycles. The van der Waals surface area contributed by atoms with Crippen LogP contribution in [0.3, 0.4) is 0 Å². The summed E-state index contributed by atoms with van der Waals surface area (Å²) in [5.41, 5.74) is 3.64. The fraction of sp³-hybridized carbons (Fsp3) is 0.667. The van der Waals surface area contributed by atoms with Gasteiger partial charge in [0.25, 0.3) is 0 Å². The lowest BCUT2D eigenvalue weighted by Gasteiger charge is -2.49. The van der Waals surface area contributed by atoms with E-state index in [0.717, 1.165) is 30.6 Å². The van der Waals surface area contributed by atoms with Crippen molar-refractivity contribution >= 4 is 0 Å². The molecule has 1 aromatic rings. The zero-order chi connectivity index (χ0) is 13.0. The van der Waals surface area contributed by atoms with E-state index >= 15 is 0 Å². The predicted octanol–water partition coefficient (Wildman–Crippen LogP) is 3.90. The van der Waals surface area contributed by atoms with Crippen LogP contribution in [0.15, 0.2) is 24.3 Å². The van der Waals surface area contributed by atoms with Gasteiger partial charge in [-0.05, 0) is 72.8 Å². The fourth-order valence-electron chi connectivity index (χ4n) is 5.54.